The molecule has 0 radical (unpaired) electrons. The molecule has 0 spiro atoms. The molecule has 0 saturated heterocycles. The molecular formula is C14H12F3N3O4. The van der Waals surface area contributed by atoms with E-state index in [2.05, 4.69) is 20.0 Å². The number of nitrogens with one attached hydrogen (secondary N) is 2. The molecule has 128 valence electrons. The van der Waals surface area contributed by atoms with Crippen LogP contribution in [-0.2, 0) is 0 Å². The fraction of sp³-hybridized carbons (Fsp3) is 0.214. The first kappa shape index (κ1) is 17.5. The molecule has 7 nitrogen and oxygen atoms in total. The molecule has 0 fully saturated rings. The number of alkyl halides is 3. The van der Waals surface area contributed by atoms with Gasteiger partial charge in [-0.15, -0.1) is 13.2 Å². The van der Waals surface area contributed by atoms with Gasteiger partial charge in [0, 0.05) is 6.07 Å². The minimum atomic E-state index is -4.81. The number of H-pyrrole nitrogens is 1. The highest BCUT2D eigenvalue weighted by molar-refractivity contribution is 5.92. The van der Waals surface area contributed by atoms with Gasteiger partial charge in [-0.3, -0.25) is 9.59 Å². The molecular weight excluding hydrogens is 331 g/mol. The SMILES string of the molecule is O=C(NC(CO)c1ccc(OC(F)(F)F)cc1)c1cc(=O)[nH]cn1. The second-order valence-corrected chi connectivity index (χ2v) is 4.62. The summed E-state index contributed by atoms with van der Waals surface area (Å²) in [6.45, 7) is -0.506. The van der Waals surface area contributed by atoms with Crippen LogP contribution in [0.15, 0.2) is 41.5 Å². The van der Waals surface area contributed by atoms with Crippen molar-refractivity contribution in [3.05, 3.63) is 58.3 Å². The molecule has 0 saturated carbocycles. The maximum atomic E-state index is 12.1. The smallest absolute Gasteiger partial charge is 0.406 e. The Morgan fingerprint density at radius 3 is 2.54 bits per heavy atom. The van der Waals surface area contributed by atoms with Gasteiger partial charge in [-0.1, -0.05) is 12.1 Å². The number of carbonyl (C=O) groups excluding carboxylic acids is 1. The zero-order chi connectivity index (χ0) is 17.7. The Morgan fingerprint density at radius 2 is 2.00 bits per heavy atom. The number of carbonyl (C=O) groups is 1. The van der Waals surface area contributed by atoms with Gasteiger partial charge in [-0.25, -0.2) is 4.98 Å². The van der Waals surface area contributed by atoms with E-state index in [4.69, 9.17) is 0 Å². The summed E-state index contributed by atoms with van der Waals surface area (Å²) in [6, 6.07) is 4.75. The third kappa shape index (κ3) is 4.81. The highest BCUT2D eigenvalue weighted by Crippen LogP contribution is 2.24. The van der Waals surface area contributed by atoms with Gasteiger partial charge in [0.2, 0.25) is 0 Å². The van der Waals surface area contributed by atoms with Crippen LogP contribution in [0.25, 0.3) is 0 Å². The quantitative estimate of drug-likeness (QED) is 0.755. The lowest BCUT2D eigenvalue weighted by Crippen LogP contribution is -2.32. The Bertz CT molecular complexity index is 759. The van der Waals surface area contributed by atoms with E-state index < -0.39 is 36.2 Å². The van der Waals surface area contributed by atoms with Crippen molar-refractivity contribution in [1.82, 2.24) is 15.3 Å². The summed E-state index contributed by atoms with van der Waals surface area (Å²) in [4.78, 5) is 29.1. The molecule has 0 aliphatic heterocycles. The third-order valence-electron chi connectivity index (χ3n) is 2.91. The zero-order valence-corrected chi connectivity index (χ0v) is 12.0. The average Bonchev–Trinajstić information content (AvgIpc) is 2.52. The van der Waals surface area contributed by atoms with E-state index in [1.54, 1.807) is 0 Å². The van der Waals surface area contributed by atoms with Crippen molar-refractivity contribution in [3.63, 3.8) is 0 Å². The molecule has 10 heteroatoms. The van der Waals surface area contributed by atoms with Crippen molar-refractivity contribution in [3.8, 4) is 5.75 Å². The van der Waals surface area contributed by atoms with Gasteiger partial charge in [0.1, 0.15) is 11.4 Å². The van der Waals surface area contributed by atoms with E-state index in [-0.39, 0.29) is 5.69 Å². The van der Waals surface area contributed by atoms with E-state index in [1.807, 2.05) is 0 Å². The number of aliphatic hydroxyl groups is 1. The predicted molar refractivity (Wildman–Crippen MR) is 75.3 cm³/mol. The molecule has 1 atom stereocenters. The number of hydrogen-bond acceptors (Lipinski definition) is 5. The second-order valence-electron chi connectivity index (χ2n) is 4.62. The zero-order valence-electron chi connectivity index (χ0n) is 12.0. The molecule has 3 N–H and O–H groups in total. The molecule has 1 aromatic heterocycles. The number of amides is 1. The molecule has 2 rings (SSSR count). The fourth-order valence-electron chi connectivity index (χ4n) is 1.86. The normalized spacial score (nSPS) is 12.5. The van der Waals surface area contributed by atoms with Crippen LogP contribution in [0, 0.1) is 0 Å². The predicted octanol–water partition coefficient (Wildman–Crippen LogP) is 1.13. The lowest BCUT2D eigenvalue weighted by molar-refractivity contribution is -0.274. The summed E-state index contributed by atoms with van der Waals surface area (Å²) in [7, 11) is 0. The second kappa shape index (κ2) is 7.13. The number of halogens is 3. The van der Waals surface area contributed by atoms with Gasteiger partial charge in [0.25, 0.3) is 11.5 Å². The van der Waals surface area contributed by atoms with E-state index in [0.717, 1.165) is 24.5 Å². The minimum Gasteiger partial charge on any atom is -0.406 e. The van der Waals surface area contributed by atoms with Crippen LogP contribution in [-0.4, -0.2) is 34.0 Å². The van der Waals surface area contributed by atoms with Crippen LogP contribution >= 0.6 is 0 Å². The lowest BCUT2D eigenvalue weighted by atomic mass is 10.1. The number of aromatic amines is 1. The largest absolute Gasteiger partial charge is 0.573 e. The first-order valence-corrected chi connectivity index (χ1v) is 6.60. The van der Waals surface area contributed by atoms with Crippen LogP contribution in [0.3, 0.4) is 0 Å². The maximum Gasteiger partial charge on any atom is 0.573 e. The van der Waals surface area contributed by atoms with Crippen molar-refractivity contribution in [2.75, 3.05) is 6.61 Å². The van der Waals surface area contributed by atoms with E-state index >= 15 is 0 Å². The Morgan fingerprint density at radius 1 is 1.33 bits per heavy atom. The van der Waals surface area contributed by atoms with Crippen LogP contribution in [0.4, 0.5) is 13.2 Å². The van der Waals surface area contributed by atoms with Crippen molar-refractivity contribution in [1.29, 1.82) is 0 Å². The first-order valence-electron chi connectivity index (χ1n) is 6.60. The third-order valence-corrected chi connectivity index (χ3v) is 2.91. The molecule has 24 heavy (non-hydrogen) atoms. The number of aliphatic hydroxyl groups excluding tert-OH is 1. The van der Waals surface area contributed by atoms with Crippen molar-refractivity contribution >= 4 is 5.91 Å². The number of benzene rings is 1. The van der Waals surface area contributed by atoms with E-state index in [1.165, 1.54) is 12.1 Å². The summed E-state index contributed by atoms with van der Waals surface area (Å²) in [5, 5.41) is 11.8. The molecule has 2 aromatic rings. The number of rotatable bonds is 5. The summed E-state index contributed by atoms with van der Waals surface area (Å²) < 4.78 is 40.0. The summed E-state index contributed by atoms with van der Waals surface area (Å²) in [5.41, 5.74) is -0.330. The molecule has 0 bridgehead atoms. The Balaban J connectivity index is 2.11. The topological polar surface area (TPSA) is 104 Å². The van der Waals surface area contributed by atoms with Gasteiger partial charge in [-0.05, 0) is 17.7 Å². The average molecular weight is 343 g/mol. The number of aromatic nitrogens is 2. The van der Waals surface area contributed by atoms with Crippen molar-refractivity contribution < 1.29 is 27.8 Å². The Hall–Kier alpha value is -2.88. The maximum absolute atomic E-state index is 12.1. The lowest BCUT2D eigenvalue weighted by Gasteiger charge is -2.17. The fourth-order valence-corrected chi connectivity index (χ4v) is 1.86. The van der Waals surface area contributed by atoms with Gasteiger partial charge < -0.3 is 20.1 Å². The van der Waals surface area contributed by atoms with Crippen LogP contribution in [0.2, 0.25) is 0 Å². The Kier molecular flexibility index (Phi) is 5.19. The number of hydrogen-bond donors (Lipinski definition) is 3. The van der Waals surface area contributed by atoms with Crippen LogP contribution < -0.4 is 15.6 Å². The van der Waals surface area contributed by atoms with Crippen molar-refractivity contribution in [2.45, 2.75) is 12.4 Å². The summed E-state index contributed by atoms with van der Waals surface area (Å²) in [5.74, 6) is -1.14. The molecule has 0 aliphatic rings. The summed E-state index contributed by atoms with van der Waals surface area (Å²) in [6.07, 6.45) is -3.76. The molecule has 1 amide bonds. The first-order chi connectivity index (χ1) is 11.3. The highest BCUT2D eigenvalue weighted by atomic mass is 19.4. The van der Waals surface area contributed by atoms with E-state index in [9.17, 15) is 27.9 Å². The van der Waals surface area contributed by atoms with Gasteiger partial charge >= 0.3 is 6.36 Å². The molecule has 1 heterocycles. The summed E-state index contributed by atoms with van der Waals surface area (Å²) >= 11 is 0. The van der Waals surface area contributed by atoms with Gasteiger partial charge in [0.15, 0.2) is 0 Å². The standard InChI is InChI=1S/C14H12F3N3O4/c15-14(16,17)24-9-3-1-8(2-4-9)11(6-21)20-13(23)10-5-12(22)19-7-18-10/h1-5,7,11,21H,6H2,(H,20,23)(H,18,19,22). The molecule has 0 aliphatic carbocycles. The van der Waals surface area contributed by atoms with Crippen LogP contribution in [0.5, 0.6) is 5.75 Å². The van der Waals surface area contributed by atoms with Crippen molar-refractivity contribution in [2.24, 2.45) is 0 Å². The molecule has 1 aromatic carbocycles. The Labute approximate surface area is 133 Å². The van der Waals surface area contributed by atoms with Crippen LogP contribution in [0.1, 0.15) is 22.1 Å². The minimum absolute atomic E-state index is 0.158. The highest BCUT2D eigenvalue weighted by Gasteiger charge is 2.31. The monoisotopic (exact) mass is 343 g/mol. The van der Waals surface area contributed by atoms with Gasteiger partial charge in [-0.2, -0.15) is 0 Å². The number of ether oxygens (including phenoxy) is 1. The van der Waals surface area contributed by atoms with E-state index in [0.29, 0.717) is 5.56 Å². The molecule has 1 unspecified atom stereocenters. The number of nitrogens with zero attached hydrogens (tertiary/aromatic N) is 1. The van der Waals surface area contributed by atoms with Gasteiger partial charge in [0.05, 0.1) is 19.0 Å².